The van der Waals surface area contributed by atoms with Crippen LogP contribution in [0.4, 0.5) is 5.69 Å². The first-order chi connectivity index (χ1) is 7.17. The molecule has 1 radical (unpaired) electrons. The first-order valence-corrected chi connectivity index (χ1v) is 3.92. The van der Waals surface area contributed by atoms with Gasteiger partial charge in [0.1, 0.15) is 11.6 Å². The molecule has 0 aromatic heterocycles. The van der Waals surface area contributed by atoms with E-state index in [-0.39, 0.29) is 11.3 Å². The molecule has 0 bridgehead atoms. The Morgan fingerprint density at radius 1 is 1.53 bits per heavy atom. The lowest BCUT2D eigenvalue weighted by molar-refractivity contribution is -0.384. The van der Waals surface area contributed by atoms with Crippen molar-refractivity contribution in [3.8, 4) is 6.07 Å². The number of benzene rings is 1. The van der Waals surface area contributed by atoms with E-state index in [0.29, 0.717) is 5.56 Å². The highest BCUT2D eigenvalue weighted by atomic mass is 16.6. The number of nitro groups is 1. The molecular weight excluding hydrogens is 196 g/mol. The summed E-state index contributed by atoms with van der Waals surface area (Å²) in [5.74, 6) is 0. The van der Waals surface area contributed by atoms with Gasteiger partial charge >= 0.3 is 0 Å². The van der Waals surface area contributed by atoms with Gasteiger partial charge in [0.2, 0.25) is 6.29 Å². The Kier molecular flexibility index (Phi) is 3.30. The number of carbonyl (C=O) groups excluding carboxylic acids is 1. The van der Waals surface area contributed by atoms with E-state index in [4.69, 9.17) is 5.26 Å². The van der Waals surface area contributed by atoms with Gasteiger partial charge in [-0.15, -0.1) is 0 Å². The number of nitro benzene ring substituents is 1. The van der Waals surface area contributed by atoms with Gasteiger partial charge in [0, 0.05) is 12.1 Å². The lowest BCUT2D eigenvalue weighted by atomic mass is 10.1. The predicted octanol–water partition coefficient (Wildman–Crippen LogP) is 1.61. The van der Waals surface area contributed by atoms with Gasteiger partial charge in [0.05, 0.1) is 4.92 Å². The smallest absolute Gasteiger partial charge is 0.270 e. The monoisotopic (exact) mass is 201 g/mol. The van der Waals surface area contributed by atoms with Gasteiger partial charge in [-0.1, -0.05) is 12.1 Å². The summed E-state index contributed by atoms with van der Waals surface area (Å²) >= 11 is 0. The third-order valence-corrected chi connectivity index (χ3v) is 1.62. The third kappa shape index (κ3) is 2.74. The average Bonchev–Trinajstić information content (AvgIpc) is 2.26. The number of allylic oxidation sites excluding steroid dienone is 1. The highest BCUT2D eigenvalue weighted by Crippen LogP contribution is 2.14. The van der Waals surface area contributed by atoms with E-state index >= 15 is 0 Å². The van der Waals surface area contributed by atoms with Crippen molar-refractivity contribution in [3.05, 3.63) is 45.5 Å². The fourth-order valence-electron chi connectivity index (χ4n) is 0.979. The Morgan fingerprint density at radius 3 is 2.80 bits per heavy atom. The molecule has 0 aliphatic carbocycles. The van der Waals surface area contributed by atoms with Crippen LogP contribution in [0, 0.1) is 21.4 Å². The molecular formula is C10H5N2O3. The molecule has 1 rings (SSSR count). The number of hydrogen-bond acceptors (Lipinski definition) is 4. The highest BCUT2D eigenvalue weighted by molar-refractivity contribution is 5.87. The summed E-state index contributed by atoms with van der Waals surface area (Å²) in [5.41, 5.74) is 0.131. The molecule has 0 aliphatic rings. The topological polar surface area (TPSA) is 84.0 Å². The van der Waals surface area contributed by atoms with Gasteiger partial charge in [-0.2, -0.15) is 5.26 Å². The normalized spacial score (nSPS) is 10.5. The maximum absolute atomic E-state index is 10.4. The van der Waals surface area contributed by atoms with E-state index in [1.165, 1.54) is 30.6 Å². The van der Waals surface area contributed by atoms with Gasteiger partial charge in [0.15, 0.2) is 0 Å². The zero-order chi connectivity index (χ0) is 11.3. The summed E-state index contributed by atoms with van der Waals surface area (Å²) in [5, 5.41) is 18.9. The second kappa shape index (κ2) is 4.67. The van der Waals surface area contributed by atoms with Gasteiger partial charge < -0.3 is 0 Å². The van der Waals surface area contributed by atoms with Crippen LogP contribution in [0.5, 0.6) is 0 Å². The molecule has 73 valence electrons. The summed E-state index contributed by atoms with van der Waals surface area (Å²) in [7, 11) is 0. The fraction of sp³-hybridized carbons (Fsp3) is 0. The van der Waals surface area contributed by atoms with Crippen LogP contribution in [0.1, 0.15) is 5.56 Å². The quantitative estimate of drug-likeness (QED) is 0.322. The maximum Gasteiger partial charge on any atom is 0.270 e. The van der Waals surface area contributed by atoms with Crippen molar-refractivity contribution in [1.29, 1.82) is 5.26 Å². The average molecular weight is 201 g/mol. The molecule has 0 N–H and O–H groups in total. The lowest BCUT2D eigenvalue weighted by Crippen LogP contribution is -1.88. The predicted molar refractivity (Wildman–Crippen MR) is 52.4 cm³/mol. The summed E-state index contributed by atoms with van der Waals surface area (Å²) in [6.07, 6.45) is 2.67. The number of rotatable bonds is 3. The Hall–Kier alpha value is -2.48. The van der Waals surface area contributed by atoms with Crippen LogP contribution < -0.4 is 0 Å². The summed E-state index contributed by atoms with van der Waals surface area (Å²) in [6.45, 7) is 0. The van der Waals surface area contributed by atoms with Crippen molar-refractivity contribution in [2.24, 2.45) is 0 Å². The van der Waals surface area contributed by atoms with Gasteiger partial charge in [0.25, 0.3) is 5.69 Å². The standard InChI is InChI=1S/C10H5N2O3/c11-6-9(7-13)4-8-2-1-3-10(5-8)12(14)15/h1-5H/b9-4+. The minimum Gasteiger partial charge on any atom is -0.284 e. The molecule has 15 heavy (non-hydrogen) atoms. The maximum atomic E-state index is 10.4. The van der Waals surface area contributed by atoms with Crippen molar-refractivity contribution in [3.63, 3.8) is 0 Å². The molecule has 5 nitrogen and oxygen atoms in total. The summed E-state index contributed by atoms with van der Waals surface area (Å²) in [6, 6.07) is 7.25. The number of nitrogens with zero attached hydrogens (tertiary/aromatic N) is 2. The molecule has 0 saturated carbocycles. The van der Waals surface area contributed by atoms with Crippen LogP contribution in [0.3, 0.4) is 0 Å². The van der Waals surface area contributed by atoms with E-state index in [1.807, 2.05) is 0 Å². The Balaban J connectivity index is 3.12. The molecule has 0 spiro atoms. The zero-order valence-electron chi connectivity index (χ0n) is 7.51. The zero-order valence-corrected chi connectivity index (χ0v) is 7.51. The van der Waals surface area contributed by atoms with Crippen molar-refractivity contribution in [1.82, 2.24) is 0 Å². The largest absolute Gasteiger partial charge is 0.284 e. The molecule has 0 aliphatic heterocycles. The second-order valence-corrected chi connectivity index (χ2v) is 2.62. The molecule has 0 saturated heterocycles. The van der Waals surface area contributed by atoms with Crippen molar-refractivity contribution in [2.45, 2.75) is 0 Å². The number of nitriles is 1. The van der Waals surface area contributed by atoms with Crippen LogP contribution in [0.15, 0.2) is 29.8 Å². The summed E-state index contributed by atoms with van der Waals surface area (Å²) < 4.78 is 0. The minimum absolute atomic E-state index is 0.0908. The Morgan fingerprint density at radius 2 is 2.27 bits per heavy atom. The molecule has 0 unspecified atom stereocenters. The molecule has 5 heteroatoms. The Labute approximate surface area is 85.4 Å². The van der Waals surface area contributed by atoms with E-state index in [1.54, 1.807) is 12.1 Å². The van der Waals surface area contributed by atoms with E-state index in [2.05, 4.69) is 0 Å². The molecule has 1 aromatic carbocycles. The van der Waals surface area contributed by atoms with Crippen LogP contribution in [-0.2, 0) is 4.79 Å². The highest BCUT2D eigenvalue weighted by Gasteiger charge is 2.04. The van der Waals surface area contributed by atoms with E-state index in [0.717, 1.165) is 0 Å². The third-order valence-electron chi connectivity index (χ3n) is 1.62. The van der Waals surface area contributed by atoms with Gasteiger partial charge in [-0.3, -0.25) is 14.9 Å². The first-order valence-electron chi connectivity index (χ1n) is 3.92. The molecule has 0 atom stereocenters. The first kappa shape index (κ1) is 10.6. The fourth-order valence-corrected chi connectivity index (χ4v) is 0.979. The molecule has 0 fully saturated rings. The van der Waals surface area contributed by atoms with Gasteiger partial charge in [-0.25, -0.2) is 0 Å². The van der Waals surface area contributed by atoms with E-state index in [9.17, 15) is 14.9 Å². The lowest BCUT2D eigenvalue weighted by Gasteiger charge is -1.93. The van der Waals surface area contributed by atoms with Crippen molar-refractivity contribution < 1.29 is 9.72 Å². The van der Waals surface area contributed by atoms with Gasteiger partial charge in [-0.05, 0) is 11.6 Å². The van der Waals surface area contributed by atoms with Crippen molar-refractivity contribution >= 4 is 18.0 Å². The van der Waals surface area contributed by atoms with Crippen molar-refractivity contribution in [2.75, 3.05) is 0 Å². The number of hydrogen-bond donors (Lipinski definition) is 0. The molecule has 0 amide bonds. The summed E-state index contributed by atoms with van der Waals surface area (Å²) in [4.78, 5) is 20.1. The van der Waals surface area contributed by atoms with Crippen LogP contribution in [0.25, 0.3) is 6.08 Å². The minimum atomic E-state index is -0.548. The second-order valence-electron chi connectivity index (χ2n) is 2.62. The Bertz CT molecular complexity index is 472. The SMILES string of the molecule is N#C/C([C]=O)=C\c1cccc([N+](=O)[O-])c1. The number of non-ortho nitro benzene ring substituents is 1. The van der Waals surface area contributed by atoms with E-state index < -0.39 is 4.92 Å². The molecule has 1 aromatic rings. The van der Waals surface area contributed by atoms with Crippen LogP contribution in [-0.4, -0.2) is 11.2 Å². The van der Waals surface area contributed by atoms with Crippen LogP contribution in [0.2, 0.25) is 0 Å². The van der Waals surface area contributed by atoms with Crippen LogP contribution >= 0.6 is 0 Å². The molecule has 0 heterocycles.